The summed E-state index contributed by atoms with van der Waals surface area (Å²) in [6, 6.07) is 5.94. The summed E-state index contributed by atoms with van der Waals surface area (Å²) in [7, 11) is 0. The molecule has 2 N–H and O–H groups in total. The lowest BCUT2D eigenvalue weighted by Crippen LogP contribution is -2.16. The molecule has 0 saturated heterocycles. The van der Waals surface area contributed by atoms with E-state index in [1.165, 1.54) is 0 Å². The zero-order chi connectivity index (χ0) is 11.1. The van der Waals surface area contributed by atoms with Gasteiger partial charge in [0.25, 0.3) is 0 Å². The second-order valence-electron chi connectivity index (χ2n) is 5.14. The van der Waals surface area contributed by atoms with Crippen molar-refractivity contribution >= 4 is 16.6 Å². The Bertz CT molecular complexity index is 477. The molecule has 0 amide bonds. The van der Waals surface area contributed by atoms with Gasteiger partial charge in [-0.3, -0.25) is 4.68 Å². The first-order valence-electron chi connectivity index (χ1n) is 5.17. The molecule has 0 unspecified atom stereocenters. The molecule has 0 aliphatic rings. The maximum absolute atomic E-state index is 5.88. The molecule has 80 valence electrons. The number of nitrogen functional groups attached to an aromatic ring is 1. The number of fused-ring (bicyclic) bond motifs is 1. The Morgan fingerprint density at radius 2 is 2.07 bits per heavy atom. The van der Waals surface area contributed by atoms with Gasteiger partial charge in [-0.15, -0.1) is 0 Å². The van der Waals surface area contributed by atoms with E-state index in [0.717, 1.165) is 23.1 Å². The monoisotopic (exact) mass is 203 g/mol. The molecule has 0 aliphatic carbocycles. The Balaban J connectivity index is 2.50. The van der Waals surface area contributed by atoms with Gasteiger partial charge in [0.1, 0.15) is 0 Å². The van der Waals surface area contributed by atoms with Crippen LogP contribution in [0.25, 0.3) is 10.9 Å². The highest BCUT2D eigenvalue weighted by Gasteiger charge is 2.14. The van der Waals surface area contributed by atoms with Crippen molar-refractivity contribution in [2.75, 3.05) is 5.73 Å². The van der Waals surface area contributed by atoms with Crippen LogP contribution >= 0.6 is 0 Å². The van der Waals surface area contributed by atoms with Crippen LogP contribution in [-0.4, -0.2) is 9.78 Å². The molecule has 15 heavy (non-hydrogen) atoms. The molecular formula is C12H17N3. The number of benzene rings is 1. The summed E-state index contributed by atoms with van der Waals surface area (Å²) in [5.41, 5.74) is 8.02. The minimum absolute atomic E-state index is 0.226. The largest absolute Gasteiger partial charge is 0.398 e. The molecule has 3 nitrogen and oxygen atoms in total. The van der Waals surface area contributed by atoms with Crippen LogP contribution in [0, 0.1) is 5.41 Å². The summed E-state index contributed by atoms with van der Waals surface area (Å²) in [5, 5.41) is 5.42. The van der Waals surface area contributed by atoms with E-state index in [4.69, 9.17) is 5.73 Å². The molecule has 0 atom stereocenters. The van der Waals surface area contributed by atoms with Gasteiger partial charge >= 0.3 is 0 Å². The second kappa shape index (κ2) is 3.26. The lowest BCUT2D eigenvalue weighted by Gasteiger charge is -2.18. The number of rotatable bonds is 1. The SMILES string of the molecule is CC(C)(C)Cn1ncc2c(N)cccc21. The third-order valence-corrected chi connectivity index (χ3v) is 2.35. The van der Waals surface area contributed by atoms with E-state index in [2.05, 4.69) is 31.9 Å². The van der Waals surface area contributed by atoms with Crippen molar-refractivity contribution in [3.8, 4) is 0 Å². The van der Waals surface area contributed by atoms with Gasteiger partial charge in [-0.2, -0.15) is 5.10 Å². The highest BCUT2D eigenvalue weighted by atomic mass is 15.3. The molecule has 0 saturated carbocycles. The fourth-order valence-electron chi connectivity index (χ4n) is 1.70. The summed E-state index contributed by atoms with van der Waals surface area (Å²) >= 11 is 0. The minimum Gasteiger partial charge on any atom is -0.398 e. The van der Waals surface area contributed by atoms with E-state index in [0.29, 0.717) is 0 Å². The smallest absolute Gasteiger partial charge is 0.0703 e. The Morgan fingerprint density at radius 3 is 2.73 bits per heavy atom. The first-order valence-corrected chi connectivity index (χ1v) is 5.17. The van der Waals surface area contributed by atoms with Crippen molar-refractivity contribution in [2.24, 2.45) is 5.41 Å². The number of hydrogen-bond acceptors (Lipinski definition) is 2. The van der Waals surface area contributed by atoms with Crippen molar-refractivity contribution in [2.45, 2.75) is 27.3 Å². The number of hydrogen-bond donors (Lipinski definition) is 1. The summed E-state index contributed by atoms with van der Waals surface area (Å²) in [6.07, 6.45) is 1.84. The zero-order valence-electron chi connectivity index (χ0n) is 9.49. The van der Waals surface area contributed by atoms with Crippen LogP contribution in [0.1, 0.15) is 20.8 Å². The van der Waals surface area contributed by atoms with Gasteiger partial charge in [0.15, 0.2) is 0 Å². The van der Waals surface area contributed by atoms with E-state index in [1.807, 2.05) is 23.0 Å². The van der Waals surface area contributed by atoms with Crippen LogP contribution in [0.2, 0.25) is 0 Å². The van der Waals surface area contributed by atoms with Crippen LogP contribution in [0.5, 0.6) is 0 Å². The maximum atomic E-state index is 5.88. The minimum atomic E-state index is 0.226. The third kappa shape index (κ3) is 1.96. The molecule has 1 aromatic heterocycles. The summed E-state index contributed by atoms with van der Waals surface area (Å²) in [4.78, 5) is 0. The van der Waals surface area contributed by atoms with Gasteiger partial charge in [0.2, 0.25) is 0 Å². The zero-order valence-corrected chi connectivity index (χ0v) is 9.49. The normalized spacial score (nSPS) is 12.2. The fraction of sp³-hybridized carbons (Fsp3) is 0.417. The molecular weight excluding hydrogens is 186 g/mol. The summed E-state index contributed by atoms with van der Waals surface area (Å²) in [6.45, 7) is 7.51. The molecule has 0 bridgehead atoms. The van der Waals surface area contributed by atoms with Crippen molar-refractivity contribution in [3.05, 3.63) is 24.4 Å². The van der Waals surface area contributed by atoms with Crippen molar-refractivity contribution in [3.63, 3.8) is 0 Å². The van der Waals surface area contributed by atoms with Crippen molar-refractivity contribution in [1.29, 1.82) is 0 Å². The third-order valence-electron chi connectivity index (χ3n) is 2.35. The van der Waals surface area contributed by atoms with Crippen molar-refractivity contribution < 1.29 is 0 Å². The summed E-state index contributed by atoms with van der Waals surface area (Å²) < 4.78 is 2.02. The molecule has 0 fully saturated rings. The lowest BCUT2D eigenvalue weighted by atomic mass is 9.97. The van der Waals surface area contributed by atoms with Gasteiger partial charge in [-0.05, 0) is 17.5 Å². The predicted octanol–water partition coefficient (Wildman–Crippen LogP) is 2.66. The van der Waals surface area contributed by atoms with Gasteiger partial charge in [0, 0.05) is 17.6 Å². The van der Waals surface area contributed by atoms with Crippen LogP contribution in [0.3, 0.4) is 0 Å². The molecule has 0 aliphatic heterocycles. The van der Waals surface area contributed by atoms with Crippen LogP contribution in [0.15, 0.2) is 24.4 Å². The number of nitrogens with zero attached hydrogens (tertiary/aromatic N) is 2. The van der Waals surface area contributed by atoms with Crippen LogP contribution in [0.4, 0.5) is 5.69 Å². The van der Waals surface area contributed by atoms with Crippen LogP contribution in [-0.2, 0) is 6.54 Å². The van der Waals surface area contributed by atoms with Gasteiger partial charge in [-0.1, -0.05) is 26.8 Å². The van der Waals surface area contributed by atoms with E-state index in [1.54, 1.807) is 0 Å². The fourth-order valence-corrected chi connectivity index (χ4v) is 1.70. The molecule has 3 heteroatoms. The summed E-state index contributed by atoms with van der Waals surface area (Å²) in [5.74, 6) is 0. The Morgan fingerprint density at radius 1 is 1.33 bits per heavy atom. The standard InChI is InChI=1S/C12H17N3/c1-12(2,3)8-15-11-6-4-5-10(13)9(11)7-14-15/h4-7H,8,13H2,1-3H3. The molecule has 0 spiro atoms. The predicted molar refractivity (Wildman–Crippen MR) is 63.6 cm³/mol. The molecule has 0 radical (unpaired) electrons. The van der Waals surface area contributed by atoms with E-state index in [-0.39, 0.29) is 5.41 Å². The highest BCUT2D eigenvalue weighted by molar-refractivity contribution is 5.90. The second-order valence-corrected chi connectivity index (χ2v) is 5.14. The Labute approximate surface area is 89.9 Å². The molecule has 1 heterocycles. The quantitative estimate of drug-likeness (QED) is 0.724. The Kier molecular flexibility index (Phi) is 2.18. The topological polar surface area (TPSA) is 43.8 Å². The number of nitrogens with two attached hydrogens (primary N) is 1. The average molecular weight is 203 g/mol. The van der Waals surface area contributed by atoms with E-state index >= 15 is 0 Å². The van der Waals surface area contributed by atoms with Crippen molar-refractivity contribution in [1.82, 2.24) is 9.78 Å². The highest BCUT2D eigenvalue weighted by Crippen LogP contribution is 2.23. The number of anilines is 1. The molecule has 2 rings (SSSR count). The van der Waals surface area contributed by atoms with E-state index in [9.17, 15) is 0 Å². The maximum Gasteiger partial charge on any atom is 0.0703 e. The number of aromatic nitrogens is 2. The average Bonchev–Trinajstić information content (AvgIpc) is 2.48. The van der Waals surface area contributed by atoms with Crippen LogP contribution < -0.4 is 5.73 Å². The van der Waals surface area contributed by atoms with E-state index < -0.39 is 0 Å². The lowest BCUT2D eigenvalue weighted by molar-refractivity contribution is 0.331. The Hall–Kier alpha value is -1.51. The first-order chi connectivity index (χ1) is 6.97. The first kappa shape index (κ1) is 10.0. The van der Waals surface area contributed by atoms with Gasteiger partial charge in [0.05, 0.1) is 11.7 Å². The van der Waals surface area contributed by atoms with Gasteiger partial charge < -0.3 is 5.73 Å². The molecule has 1 aromatic carbocycles. The van der Waals surface area contributed by atoms with Gasteiger partial charge in [-0.25, -0.2) is 0 Å². The molecule has 2 aromatic rings.